The fourth-order valence-electron chi connectivity index (χ4n) is 0.784. The molecule has 0 saturated heterocycles. The van der Waals surface area contributed by atoms with Gasteiger partial charge in [-0.25, -0.2) is 18.2 Å². The highest BCUT2D eigenvalue weighted by atomic mass is 79.9. The lowest BCUT2D eigenvalue weighted by atomic mass is 10.3. The molecule has 0 aliphatic rings. The van der Waals surface area contributed by atoms with E-state index >= 15 is 0 Å². The Morgan fingerprint density at radius 1 is 1.54 bits per heavy atom. The summed E-state index contributed by atoms with van der Waals surface area (Å²) in [5.41, 5.74) is -0.620. The number of rotatable bonds is 2. The molecule has 0 aliphatic heterocycles. The zero-order valence-corrected chi connectivity index (χ0v) is 8.11. The Bertz CT molecular complexity index is 296. The van der Waals surface area contributed by atoms with Crippen molar-refractivity contribution in [2.75, 3.05) is 7.11 Å². The predicted octanol–water partition coefficient (Wildman–Crippen LogP) is 2.93. The lowest BCUT2D eigenvalue weighted by Crippen LogP contribution is -1.97. The zero-order chi connectivity index (χ0) is 10.0. The van der Waals surface area contributed by atoms with Crippen LogP contribution in [0.5, 0.6) is 5.75 Å². The fourth-order valence-corrected chi connectivity index (χ4v) is 1.34. The minimum Gasteiger partial charge on any atom is -0.491 e. The summed E-state index contributed by atoms with van der Waals surface area (Å²) in [6.45, 7) is 0. The Morgan fingerprint density at radius 3 is 2.54 bits per heavy atom. The van der Waals surface area contributed by atoms with E-state index in [1.807, 2.05) is 0 Å². The largest absolute Gasteiger partial charge is 0.491 e. The molecule has 0 aliphatic carbocycles. The normalized spacial score (nSPS) is 10.6. The first-order chi connectivity index (χ1) is 6.06. The number of halogens is 4. The van der Waals surface area contributed by atoms with Crippen LogP contribution in [0, 0.1) is 5.82 Å². The Kier molecular flexibility index (Phi) is 3.13. The van der Waals surface area contributed by atoms with Crippen LogP contribution in [0.15, 0.2) is 10.7 Å². The van der Waals surface area contributed by atoms with Crippen LogP contribution in [0.2, 0.25) is 0 Å². The maximum atomic E-state index is 12.9. The van der Waals surface area contributed by atoms with Crippen molar-refractivity contribution in [3.05, 3.63) is 22.2 Å². The fraction of sp³-hybridized carbons (Fsp3) is 0.286. The Balaban J connectivity index is 3.20. The van der Waals surface area contributed by atoms with Crippen LogP contribution in [0.3, 0.4) is 0 Å². The summed E-state index contributed by atoms with van der Waals surface area (Å²) < 4.78 is 41.6. The summed E-state index contributed by atoms with van der Waals surface area (Å²) in [7, 11) is 1.23. The highest BCUT2D eigenvalue weighted by Gasteiger charge is 2.16. The van der Waals surface area contributed by atoms with Crippen molar-refractivity contribution in [3.63, 3.8) is 0 Å². The smallest absolute Gasteiger partial charge is 0.280 e. The molecule has 0 N–H and O–H groups in total. The van der Waals surface area contributed by atoms with E-state index in [0.717, 1.165) is 0 Å². The summed E-state index contributed by atoms with van der Waals surface area (Å²) in [6, 6.07) is 0.647. The third kappa shape index (κ3) is 2.12. The second-order valence-corrected chi connectivity index (χ2v) is 2.90. The van der Waals surface area contributed by atoms with E-state index in [0.29, 0.717) is 6.07 Å². The molecule has 0 bridgehead atoms. The molecule has 0 unspecified atom stereocenters. The number of ether oxygens (including phenoxy) is 1. The van der Waals surface area contributed by atoms with Gasteiger partial charge < -0.3 is 4.74 Å². The van der Waals surface area contributed by atoms with E-state index in [4.69, 9.17) is 0 Å². The average molecular weight is 256 g/mol. The van der Waals surface area contributed by atoms with Crippen LogP contribution in [-0.4, -0.2) is 12.1 Å². The van der Waals surface area contributed by atoms with E-state index in [9.17, 15) is 13.2 Å². The van der Waals surface area contributed by atoms with Gasteiger partial charge in [0, 0.05) is 6.07 Å². The summed E-state index contributed by atoms with van der Waals surface area (Å²) in [4.78, 5) is 3.41. The van der Waals surface area contributed by atoms with Gasteiger partial charge in [-0.3, -0.25) is 0 Å². The predicted molar refractivity (Wildman–Crippen MR) is 43.4 cm³/mol. The molecule has 1 rings (SSSR count). The number of alkyl halides is 2. The maximum Gasteiger partial charge on any atom is 0.280 e. The minimum atomic E-state index is -2.79. The number of methoxy groups -OCH3 is 1. The second-order valence-electron chi connectivity index (χ2n) is 2.15. The molecule has 13 heavy (non-hydrogen) atoms. The minimum absolute atomic E-state index is 0.0645. The van der Waals surface area contributed by atoms with Crippen LogP contribution >= 0.6 is 15.9 Å². The third-order valence-corrected chi connectivity index (χ3v) is 1.87. The molecular weight excluding hydrogens is 251 g/mol. The highest BCUT2D eigenvalue weighted by molar-refractivity contribution is 9.10. The molecule has 0 radical (unpaired) electrons. The molecule has 2 nitrogen and oxygen atoms in total. The van der Waals surface area contributed by atoms with Gasteiger partial charge >= 0.3 is 0 Å². The Hall–Kier alpha value is -0.780. The lowest BCUT2D eigenvalue weighted by Gasteiger charge is -2.05. The van der Waals surface area contributed by atoms with Gasteiger partial charge in [0.2, 0.25) is 0 Å². The van der Waals surface area contributed by atoms with Gasteiger partial charge in [0.1, 0.15) is 5.69 Å². The van der Waals surface area contributed by atoms with E-state index in [2.05, 4.69) is 25.7 Å². The van der Waals surface area contributed by atoms with Gasteiger partial charge in [-0.1, -0.05) is 0 Å². The van der Waals surface area contributed by atoms with Gasteiger partial charge in [-0.2, -0.15) is 0 Å². The average Bonchev–Trinajstić information content (AvgIpc) is 2.03. The van der Waals surface area contributed by atoms with Crippen LogP contribution in [0.4, 0.5) is 13.2 Å². The SMILES string of the molecule is COc1c(F)cc(C(F)F)nc1Br. The molecular formula is C7H5BrF3NO. The zero-order valence-electron chi connectivity index (χ0n) is 6.52. The van der Waals surface area contributed by atoms with E-state index in [-0.39, 0.29) is 10.4 Å². The van der Waals surface area contributed by atoms with Gasteiger partial charge in [0.15, 0.2) is 16.2 Å². The molecule has 0 amide bonds. The van der Waals surface area contributed by atoms with Crippen LogP contribution in [0.25, 0.3) is 0 Å². The summed E-state index contributed by atoms with van der Waals surface area (Å²) in [5, 5.41) is 0. The Morgan fingerprint density at radius 2 is 2.15 bits per heavy atom. The van der Waals surface area contributed by atoms with Gasteiger partial charge in [-0.15, -0.1) is 0 Å². The second kappa shape index (κ2) is 3.95. The molecule has 0 fully saturated rings. The molecule has 0 spiro atoms. The van der Waals surface area contributed by atoms with Crippen molar-refractivity contribution in [3.8, 4) is 5.75 Å². The van der Waals surface area contributed by atoms with Crippen LogP contribution in [-0.2, 0) is 0 Å². The third-order valence-electron chi connectivity index (χ3n) is 1.33. The van der Waals surface area contributed by atoms with Gasteiger partial charge in [0.05, 0.1) is 7.11 Å². The number of pyridine rings is 1. The number of aromatic nitrogens is 1. The van der Waals surface area contributed by atoms with Gasteiger partial charge in [0.25, 0.3) is 6.43 Å². The van der Waals surface area contributed by atoms with Crippen LogP contribution in [0.1, 0.15) is 12.1 Å². The molecule has 72 valence electrons. The standard InChI is InChI=1S/C7H5BrF3NO/c1-13-5-3(9)2-4(7(10)11)12-6(5)8/h2,7H,1H3. The lowest BCUT2D eigenvalue weighted by molar-refractivity contribution is 0.145. The van der Waals surface area contributed by atoms with E-state index in [1.54, 1.807) is 0 Å². The number of nitrogens with zero attached hydrogens (tertiary/aromatic N) is 1. The molecule has 0 saturated carbocycles. The molecule has 6 heteroatoms. The van der Waals surface area contributed by atoms with Crippen molar-refractivity contribution in [2.45, 2.75) is 6.43 Å². The quantitative estimate of drug-likeness (QED) is 0.759. The molecule has 1 aromatic heterocycles. The highest BCUT2D eigenvalue weighted by Crippen LogP contribution is 2.29. The van der Waals surface area contributed by atoms with E-state index in [1.165, 1.54) is 7.11 Å². The molecule has 0 atom stereocenters. The number of hydrogen-bond acceptors (Lipinski definition) is 2. The van der Waals surface area contributed by atoms with Crippen molar-refractivity contribution in [2.24, 2.45) is 0 Å². The maximum absolute atomic E-state index is 12.9. The monoisotopic (exact) mass is 255 g/mol. The molecule has 0 aromatic carbocycles. The summed E-state index contributed by atoms with van der Waals surface area (Å²) in [5.74, 6) is -1.04. The topological polar surface area (TPSA) is 22.1 Å². The first kappa shape index (κ1) is 10.3. The van der Waals surface area contributed by atoms with Crippen molar-refractivity contribution < 1.29 is 17.9 Å². The first-order valence-electron chi connectivity index (χ1n) is 3.24. The summed E-state index contributed by atoms with van der Waals surface area (Å²) in [6.07, 6.45) is -2.79. The van der Waals surface area contributed by atoms with Crippen LogP contribution < -0.4 is 4.74 Å². The Labute approximate surface area is 80.9 Å². The van der Waals surface area contributed by atoms with Crippen molar-refractivity contribution >= 4 is 15.9 Å². The first-order valence-corrected chi connectivity index (χ1v) is 4.03. The van der Waals surface area contributed by atoms with Gasteiger partial charge in [-0.05, 0) is 15.9 Å². The molecule has 1 heterocycles. The molecule has 1 aromatic rings. The van der Waals surface area contributed by atoms with E-state index < -0.39 is 17.9 Å². The van der Waals surface area contributed by atoms with Crippen molar-refractivity contribution in [1.82, 2.24) is 4.98 Å². The van der Waals surface area contributed by atoms with Crippen molar-refractivity contribution in [1.29, 1.82) is 0 Å². The number of hydrogen-bond donors (Lipinski definition) is 0. The summed E-state index contributed by atoms with van der Waals surface area (Å²) >= 11 is 2.82.